The molecule has 0 aliphatic rings. The van der Waals surface area contributed by atoms with E-state index in [-0.39, 0.29) is 24.6 Å². The summed E-state index contributed by atoms with van der Waals surface area (Å²) in [5.74, 6) is 4.51. The van der Waals surface area contributed by atoms with E-state index >= 15 is 0 Å². The smallest absolute Gasteiger partial charge is 0.245 e. The molecule has 0 heterocycles. The maximum Gasteiger partial charge on any atom is 0.245 e. The lowest BCUT2D eigenvalue weighted by Crippen LogP contribution is -2.31. The Labute approximate surface area is 119 Å². The Kier molecular flexibility index (Phi) is 6.14. The average Bonchev–Trinajstić information content (AvgIpc) is 2.40. The second-order valence-electron chi connectivity index (χ2n) is 4.01. The van der Waals surface area contributed by atoms with Crippen molar-refractivity contribution in [3.05, 3.63) is 29.6 Å². The van der Waals surface area contributed by atoms with Crippen LogP contribution in [0.4, 0.5) is 4.39 Å². The minimum atomic E-state index is -3.80. The van der Waals surface area contributed by atoms with Crippen LogP contribution in [0.1, 0.15) is 25.8 Å². The first-order valence-corrected chi connectivity index (χ1v) is 7.80. The molecule has 6 heteroatoms. The topological polar surface area (TPSA) is 57.6 Å². The molecule has 4 nitrogen and oxygen atoms in total. The van der Waals surface area contributed by atoms with Gasteiger partial charge >= 0.3 is 0 Å². The van der Waals surface area contributed by atoms with Crippen LogP contribution in [0.3, 0.4) is 0 Å². The van der Waals surface area contributed by atoms with Gasteiger partial charge in [-0.2, -0.15) is 4.31 Å². The Morgan fingerprint density at radius 2 is 1.95 bits per heavy atom. The molecule has 0 bridgehead atoms. The van der Waals surface area contributed by atoms with Crippen LogP contribution in [-0.4, -0.2) is 37.5 Å². The van der Waals surface area contributed by atoms with Crippen LogP contribution < -0.4 is 0 Å². The summed E-state index contributed by atoms with van der Waals surface area (Å²) in [6.45, 7) is 3.91. The highest BCUT2D eigenvalue weighted by atomic mass is 32.2. The highest BCUT2D eigenvalue weighted by Gasteiger charge is 2.24. The average molecular weight is 299 g/mol. The van der Waals surface area contributed by atoms with E-state index in [2.05, 4.69) is 11.8 Å². The van der Waals surface area contributed by atoms with Gasteiger partial charge in [-0.15, -0.1) is 0 Å². The molecular formula is C14H18FNO3S. The molecule has 0 aliphatic carbocycles. The molecule has 0 fully saturated rings. The lowest BCUT2D eigenvalue weighted by atomic mass is 10.2. The number of sulfonamides is 1. The second-order valence-corrected chi connectivity index (χ2v) is 5.92. The molecule has 1 aromatic rings. The number of aliphatic hydroxyl groups excluding tert-OH is 1. The van der Waals surface area contributed by atoms with E-state index in [0.717, 1.165) is 6.07 Å². The van der Waals surface area contributed by atoms with Gasteiger partial charge in [-0.3, -0.25) is 0 Å². The van der Waals surface area contributed by atoms with Gasteiger partial charge in [-0.05, 0) is 18.2 Å². The van der Waals surface area contributed by atoms with E-state index in [0.29, 0.717) is 12.0 Å². The maximum atomic E-state index is 14.0. The molecule has 0 aliphatic heterocycles. The van der Waals surface area contributed by atoms with E-state index in [1.165, 1.54) is 16.4 Å². The molecule has 0 unspecified atom stereocenters. The number of rotatable bonds is 5. The van der Waals surface area contributed by atoms with Crippen LogP contribution in [-0.2, 0) is 10.0 Å². The fourth-order valence-corrected chi connectivity index (χ4v) is 3.21. The lowest BCUT2D eigenvalue weighted by molar-refractivity contribution is 0.305. The van der Waals surface area contributed by atoms with Gasteiger partial charge in [0.05, 0.1) is 6.61 Å². The van der Waals surface area contributed by atoms with Crippen LogP contribution >= 0.6 is 0 Å². The van der Waals surface area contributed by atoms with Gasteiger partial charge < -0.3 is 5.11 Å². The van der Waals surface area contributed by atoms with Crippen molar-refractivity contribution in [2.24, 2.45) is 0 Å². The fraction of sp³-hybridized carbons (Fsp3) is 0.429. The molecule has 0 radical (unpaired) electrons. The van der Waals surface area contributed by atoms with Crippen molar-refractivity contribution < 1.29 is 17.9 Å². The van der Waals surface area contributed by atoms with Gasteiger partial charge in [-0.25, -0.2) is 12.8 Å². The van der Waals surface area contributed by atoms with Crippen LogP contribution in [0.15, 0.2) is 23.1 Å². The van der Waals surface area contributed by atoms with Crippen molar-refractivity contribution in [3.63, 3.8) is 0 Å². The largest absolute Gasteiger partial charge is 0.395 e. The Balaban J connectivity index is 3.14. The van der Waals surface area contributed by atoms with Crippen molar-refractivity contribution in [3.8, 4) is 11.8 Å². The number of halogens is 1. The minimum absolute atomic E-state index is 0.0656. The molecular weight excluding hydrogens is 281 g/mol. The van der Waals surface area contributed by atoms with Crippen molar-refractivity contribution in [2.45, 2.75) is 25.2 Å². The molecule has 1 aromatic carbocycles. The first-order valence-electron chi connectivity index (χ1n) is 6.36. The molecule has 0 atom stereocenters. The SMILES string of the molecule is CCN(CC)S(=O)(=O)c1ccc(C#CCCO)cc1F. The third-order valence-electron chi connectivity index (χ3n) is 2.72. The van der Waals surface area contributed by atoms with Crippen molar-refractivity contribution in [2.75, 3.05) is 19.7 Å². The molecule has 1 rings (SSSR count). The number of aliphatic hydroxyl groups is 1. The summed E-state index contributed by atoms with van der Waals surface area (Å²) in [6, 6.07) is 3.79. The van der Waals surface area contributed by atoms with Crippen LogP contribution in [0.25, 0.3) is 0 Å². The standard InChI is InChI=1S/C14H18FNO3S/c1-3-16(4-2)20(18,19)14-9-8-12(11-13(14)15)7-5-6-10-17/h8-9,11,17H,3-4,6,10H2,1-2H3. The van der Waals surface area contributed by atoms with E-state index in [9.17, 15) is 12.8 Å². The summed E-state index contributed by atoms with van der Waals surface area (Å²) in [5.41, 5.74) is 0.384. The van der Waals surface area contributed by atoms with Crippen molar-refractivity contribution >= 4 is 10.0 Å². The zero-order chi connectivity index (χ0) is 15.2. The minimum Gasteiger partial charge on any atom is -0.395 e. The summed E-state index contributed by atoms with van der Waals surface area (Å²) < 4.78 is 39.6. The molecule has 0 amide bonds. The quantitative estimate of drug-likeness (QED) is 0.840. The second kappa shape index (κ2) is 7.39. The van der Waals surface area contributed by atoms with Crippen molar-refractivity contribution in [1.82, 2.24) is 4.31 Å². The van der Waals surface area contributed by atoms with E-state index in [4.69, 9.17) is 5.11 Å². The fourth-order valence-electron chi connectivity index (χ4n) is 1.71. The Hall–Kier alpha value is -1.42. The molecule has 0 saturated heterocycles. The highest BCUT2D eigenvalue weighted by Crippen LogP contribution is 2.20. The number of hydrogen-bond donors (Lipinski definition) is 1. The lowest BCUT2D eigenvalue weighted by Gasteiger charge is -2.18. The summed E-state index contributed by atoms with van der Waals surface area (Å²) >= 11 is 0. The Morgan fingerprint density at radius 3 is 2.45 bits per heavy atom. The van der Waals surface area contributed by atoms with E-state index in [1.807, 2.05) is 0 Å². The summed E-state index contributed by atoms with van der Waals surface area (Å²) in [7, 11) is -3.80. The molecule has 0 spiro atoms. The van der Waals surface area contributed by atoms with Gasteiger partial charge in [-0.1, -0.05) is 25.7 Å². The van der Waals surface area contributed by atoms with Gasteiger partial charge in [0.1, 0.15) is 10.7 Å². The highest BCUT2D eigenvalue weighted by molar-refractivity contribution is 7.89. The zero-order valence-electron chi connectivity index (χ0n) is 11.6. The van der Waals surface area contributed by atoms with E-state index in [1.54, 1.807) is 13.8 Å². The van der Waals surface area contributed by atoms with Gasteiger partial charge in [0.15, 0.2) is 0 Å². The number of nitrogens with zero attached hydrogens (tertiary/aromatic N) is 1. The normalized spacial score (nSPS) is 11.2. The number of hydrogen-bond acceptors (Lipinski definition) is 3. The predicted molar refractivity (Wildman–Crippen MR) is 75.1 cm³/mol. The predicted octanol–water partition coefficient (Wildman–Crippen LogP) is 1.59. The van der Waals surface area contributed by atoms with Gasteiger partial charge in [0.2, 0.25) is 10.0 Å². The third kappa shape index (κ3) is 3.79. The molecule has 1 N–H and O–H groups in total. The first kappa shape index (κ1) is 16.6. The van der Waals surface area contributed by atoms with Crippen LogP contribution in [0, 0.1) is 17.7 Å². The summed E-state index contributed by atoms with van der Waals surface area (Å²) in [6.07, 6.45) is 0.293. The first-order chi connectivity index (χ1) is 9.47. The molecule has 0 aromatic heterocycles. The van der Waals surface area contributed by atoms with Crippen LogP contribution in [0.5, 0.6) is 0 Å². The third-order valence-corrected chi connectivity index (χ3v) is 4.81. The maximum absolute atomic E-state index is 14.0. The van der Waals surface area contributed by atoms with Gasteiger partial charge in [0, 0.05) is 25.1 Å². The summed E-state index contributed by atoms with van der Waals surface area (Å²) in [5, 5.41) is 8.60. The van der Waals surface area contributed by atoms with Gasteiger partial charge in [0.25, 0.3) is 0 Å². The Bertz CT molecular complexity index is 613. The summed E-state index contributed by atoms with van der Waals surface area (Å²) in [4.78, 5) is -0.339. The zero-order valence-corrected chi connectivity index (χ0v) is 12.4. The van der Waals surface area contributed by atoms with E-state index < -0.39 is 15.8 Å². The monoisotopic (exact) mass is 299 g/mol. The molecule has 110 valence electrons. The van der Waals surface area contributed by atoms with Crippen LogP contribution in [0.2, 0.25) is 0 Å². The number of benzene rings is 1. The Morgan fingerprint density at radius 1 is 1.30 bits per heavy atom. The van der Waals surface area contributed by atoms with Crippen molar-refractivity contribution in [1.29, 1.82) is 0 Å². The molecule has 20 heavy (non-hydrogen) atoms. The molecule has 0 saturated carbocycles.